The van der Waals surface area contributed by atoms with Crippen LogP contribution in [0.15, 0.2) is 59.1 Å². The van der Waals surface area contributed by atoms with E-state index in [1.807, 2.05) is 42.5 Å². The number of carbonyl (C=O) groups excluding carboxylic acids is 3. The van der Waals surface area contributed by atoms with Gasteiger partial charge in [0.25, 0.3) is 11.8 Å². The molecule has 31 heavy (non-hydrogen) atoms. The number of carbonyl (C=O) groups is 3. The lowest BCUT2D eigenvalue weighted by Crippen LogP contribution is -2.45. The van der Waals surface area contributed by atoms with Crippen LogP contribution in [0.1, 0.15) is 19.4 Å². The number of nitrogens with one attached hydrogen (secondary N) is 2. The SMILES string of the molecule is CC1(C)NC(=O)N(C[C@H](COc2ccc(Br)cc2)C(=O)NOCc2ccccc2)C1=O. The highest BCUT2D eigenvalue weighted by Gasteiger charge is 2.45. The Kier molecular flexibility index (Phi) is 7.29. The summed E-state index contributed by atoms with van der Waals surface area (Å²) in [5.74, 6) is -1.16. The van der Waals surface area contributed by atoms with Crippen molar-refractivity contribution in [1.29, 1.82) is 0 Å². The van der Waals surface area contributed by atoms with Crippen molar-refractivity contribution in [2.45, 2.75) is 26.0 Å². The Morgan fingerprint density at radius 2 is 1.81 bits per heavy atom. The maximum Gasteiger partial charge on any atom is 0.325 e. The van der Waals surface area contributed by atoms with E-state index in [0.717, 1.165) is 14.9 Å². The highest BCUT2D eigenvalue weighted by atomic mass is 79.9. The van der Waals surface area contributed by atoms with Gasteiger partial charge in [-0.3, -0.25) is 19.3 Å². The first-order chi connectivity index (χ1) is 14.8. The Morgan fingerprint density at radius 3 is 2.42 bits per heavy atom. The number of amides is 4. The van der Waals surface area contributed by atoms with Crippen LogP contribution in [0.2, 0.25) is 0 Å². The Labute approximate surface area is 189 Å². The highest BCUT2D eigenvalue weighted by molar-refractivity contribution is 9.10. The summed E-state index contributed by atoms with van der Waals surface area (Å²) in [6, 6.07) is 16.0. The molecule has 0 aliphatic carbocycles. The summed E-state index contributed by atoms with van der Waals surface area (Å²) in [5.41, 5.74) is 2.28. The van der Waals surface area contributed by atoms with Gasteiger partial charge in [0.05, 0.1) is 12.5 Å². The first kappa shape index (κ1) is 22.8. The van der Waals surface area contributed by atoms with E-state index in [0.29, 0.717) is 5.75 Å². The lowest BCUT2D eigenvalue weighted by atomic mass is 10.1. The van der Waals surface area contributed by atoms with Gasteiger partial charge in [0, 0.05) is 11.0 Å². The van der Waals surface area contributed by atoms with E-state index in [4.69, 9.17) is 9.57 Å². The number of halogens is 1. The molecule has 2 aromatic carbocycles. The molecule has 1 saturated heterocycles. The van der Waals surface area contributed by atoms with E-state index in [2.05, 4.69) is 26.7 Å². The summed E-state index contributed by atoms with van der Waals surface area (Å²) in [5, 5.41) is 2.61. The summed E-state index contributed by atoms with van der Waals surface area (Å²) in [6.45, 7) is 3.24. The van der Waals surface area contributed by atoms with Crippen molar-refractivity contribution in [1.82, 2.24) is 15.7 Å². The van der Waals surface area contributed by atoms with Gasteiger partial charge in [-0.1, -0.05) is 46.3 Å². The van der Waals surface area contributed by atoms with E-state index in [1.54, 1.807) is 26.0 Å². The van der Waals surface area contributed by atoms with Crippen LogP contribution < -0.4 is 15.5 Å². The van der Waals surface area contributed by atoms with E-state index in [1.165, 1.54) is 0 Å². The van der Waals surface area contributed by atoms with Crippen molar-refractivity contribution in [3.8, 4) is 5.75 Å². The van der Waals surface area contributed by atoms with E-state index < -0.39 is 29.3 Å². The smallest absolute Gasteiger partial charge is 0.325 e. The van der Waals surface area contributed by atoms with Gasteiger partial charge < -0.3 is 10.1 Å². The molecule has 8 nitrogen and oxygen atoms in total. The molecule has 1 aliphatic heterocycles. The van der Waals surface area contributed by atoms with Crippen molar-refractivity contribution in [3.05, 3.63) is 64.6 Å². The number of imide groups is 1. The second-order valence-electron chi connectivity index (χ2n) is 7.67. The number of urea groups is 1. The predicted octanol–water partition coefficient (Wildman–Crippen LogP) is 3.02. The fourth-order valence-electron chi connectivity index (χ4n) is 2.99. The maximum atomic E-state index is 12.8. The summed E-state index contributed by atoms with van der Waals surface area (Å²) >= 11 is 3.35. The van der Waals surface area contributed by atoms with Gasteiger partial charge in [0.2, 0.25) is 0 Å². The van der Waals surface area contributed by atoms with Crippen molar-refractivity contribution in [2.75, 3.05) is 13.2 Å². The van der Waals surface area contributed by atoms with Crippen LogP contribution in [-0.2, 0) is 21.0 Å². The predicted molar refractivity (Wildman–Crippen MR) is 117 cm³/mol. The standard InChI is InChI=1S/C22H24BrN3O5/c1-22(2)20(28)26(21(29)24-22)12-16(14-30-18-10-8-17(23)9-11-18)19(27)25-31-13-15-6-4-3-5-7-15/h3-11,16H,12-14H2,1-2H3,(H,24,29)(H,25,27)/t16-/m1/s1. The highest BCUT2D eigenvalue weighted by Crippen LogP contribution is 2.20. The third kappa shape index (κ3) is 6.05. The van der Waals surface area contributed by atoms with Crippen LogP contribution in [-0.4, -0.2) is 41.4 Å². The Bertz CT molecular complexity index is 934. The molecule has 9 heteroatoms. The molecule has 3 rings (SSSR count). The van der Waals surface area contributed by atoms with Gasteiger partial charge in [-0.15, -0.1) is 0 Å². The summed E-state index contributed by atoms with van der Waals surface area (Å²) in [4.78, 5) is 43.9. The maximum absolute atomic E-state index is 12.8. The third-order valence-electron chi connectivity index (χ3n) is 4.74. The molecule has 0 saturated carbocycles. The van der Waals surface area contributed by atoms with Crippen LogP contribution >= 0.6 is 15.9 Å². The minimum atomic E-state index is -1.02. The third-order valence-corrected chi connectivity index (χ3v) is 5.27. The van der Waals surface area contributed by atoms with Crippen molar-refractivity contribution in [3.63, 3.8) is 0 Å². The normalized spacial score (nSPS) is 16.0. The molecule has 1 heterocycles. The molecule has 1 atom stereocenters. The minimum absolute atomic E-state index is 0.0420. The topological polar surface area (TPSA) is 97.0 Å². The lowest BCUT2D eigenvalue weighted by Gasteiger charge is -2.22. The van der Waals surface area contributed by atoms with Gasteiger partial charge >= 0.3 is 6.03 Å². The number of nitrogens with zero attached hydrogens (tertiary/aromatic N) is 1. The molecule has 0 aromatic heterocycles. The van der Waals surface area contributed by atoms with E-state index in [9.17, 15) is 14.4 Å². The monoisotopic (exact) mass is 489 g/mol. The van der Waals surface area contributed by atoms with E-state index >= 15 is 0 Å². The molecule has 0 unspecified atom stereocenters. The largest absolute Gasteiger partial charge is 0.493 e. The summed E-state index contributed by atoms with van der Waals surface area (Å²) in [6.07, 6.45) is 0. The van der Waals surface area contributed by atoms with Crippen LogP contribution in [0.4, 0.5) is 4.79 Å². The first-order valence-corrected chi connectivity index (χ1v) is 10.5. The van der Waals surface area contributed by atoms with Crippen molar-refractivity contribution >= 4 is 33.8 Å². The Morgan fingerprint density at radius 1 is 1.13 bits per heavy atom. The molecule has 0 bridgehead atoms. The molecule has 2 aromatic rings. The van der Waals surface area contributed by atoms with Crippen LogP contribution in [0.3, 0.4) is 0 Å². The number of hydrogen-bond donors (Lipinski definition) is 2. The van der Waals surface area contributed by atoms with Crippen LogP contribution in [0, 0.1) is 5.92 Å². The Hall–Kier alpha value is -2.91. The lowest BCUT2D eigenvalue weighted by molar-refractivity contribution is -0.141. The number of hydroxylamine groups is 1. The zero-order valence-electron chi connectivity index (χ0n) is 17.3. The average molecular weight is 490 g/mol. The van der Waals surface area contributed by atoms with Gasteiger partial charge in [-0.2, -0.15) is 0 Å². The first-order valence-electron chi connectivity index (χ1n) is 9.74. The molecular formula is C22H24BrN3O5. The quantitative estimate of drug-likeness (QED) is 0.416. The molecular weight excluding hydrogens is 466 g/mol. The van der Waals surface area contributed by atoms with Crippen LogP contribution in [0.25, 0.3) is 0 Å². The molecule has 1 fully saturated rings. The van der Waals surface area contributed by atoms with Gasteiger partial charge in [-0.05, 0) is 43.7 Å². The van der Waals surface area contributed by atoms with Gasteiger partial charge in [0.1, 0.15) is 17.9 Å². The molecule has 0 spiro atoms. The number of hydrogen-bond acceptors (Lipinski definition) is 5. The zero-order chi connectivity index (χ0) is 22.4. The molecule has 1 aliphatic rings. The van der Waals surface area contributed by atoms with Crippen LogP contribution in [0.5, 0.6) is 5.75 Å². The molecule has 4 amide bonds. The fourth-order valence-corrected chi connectivity index (χ4v) is 3.26. The van der Waals surface area contributed by atoms with E-state index in [-0.39, 0.29) is 19.8 Å². The second kappa shape index (κ2) is 9.93. The van der Waals surface area contributed by atoms with Crippen molar-refractivity contribution in [2.24, 2.45) is 5.92 Å². The summed E-state index contributed by atoms with van der Waals surface area (Å²) in [7, 11) is 0. The molecule has 0 radical (unpaired) electrons. The van der Waals surface area contributed by atoms with Crippen molar-refractivity contribution < 1.29 is 24.0 Å². The average Bonchev–Trinajstić information content (AvgIpc) is 2.94. The molecule has 164 valence electrons. The molecule has 2 N–H and O–H groups in total. The number of rotatable bonds is 9. The minimum Gasteiger partial charge on any atom is -0.493 e. The zero-order valence-corrected chi connectivity index (χ0v) is 18.8. The summed E-state index contributed by atoms with van der Waals surface area (Å²) < 4.78 is 6.63. The van der Waals surface area contributed by atoms with Gasteiger partial charge in [-0.25, -0.2) is 10.3 Å². The fraction of sp³-hybridized carbons (Fsp3) is 0.318. The Balaban J connectivity index is 1.65. The number of benzene rings is 2. The number of ether oxygens (including phenoxy) is 1. The second-order valence-corrected chi connectivity index (χ2v) is 8.59. The van der Waals surface area contributed by atoms with Gasteiger partial charge in [0.15, 0.2) is 0 Å².